The van der Waals surface area contributed by atoms with Gasteiger partial charge in [0.2, 0.25) is 0 Å². The van der Waals surface area contributed by atoms with E-state index in [-0.39, 0.29) is 0 Å². The van der Waals surface area contributed by atoms with Crippen molar-refractivity contribution < 1.29 is 9.90 Å². The Kier molecular flexibility index (Phi) is 3.71. The van der Waals surface area contributed by atoms with Crippen molar-refractivity contribution in [3.05, 3.63) is 66.4 Å². The number of aromatic nitrogens is 2. The molecule has 2 N–H and O–H groups in total. The molecule has 90 valence electrons. The molecule has 0 radical (unpaired) electrons. The number of carbonyl (C=O) groups is 1. The minimum absolute atomic E-state index is 0.331. The summed E-state index contributed by atoms with van der Waals surface area (Å²) in [6.45, 7) is 0. The molecule has 0 amide bonds. The predicted molar refractivity (Wildman–Crippen MR) is 69.5 cm³/mol. The highest BCUT2D eigenvalue weighted by molar-refractivity contribution is 5.87. The number of aromatic carboxylic acids is 1. The van der Waals surface area contributed by atoms with Crippen LogP contribution < -0.4 is 0 Å². The summed E-state index contributed by atoms with van der Waals surface area (Å²) in [6, 6.07) is 16.3. The van der Waals surface area contributed by atoms with Crippen molar-refractivity contribution in [2.45, 2.75) is 0 Å². The van der Waals surface area contributed by atoms with Gasteiger partial charge < -0.3 is 5.11 Å². The molecule has 0 saturated heterocycles. The normalized spacial score (nSPS) is 9.56. The van der Waals surface area contributed by atoms with Crippen molar-refractivity contribution in [2.24, 2.45) is 0 Å². The zero-order valence-electron chi connectivity index (χ0n) is 9.58. The largest absolute Gasteiger partial charge is 0.478 e. The highest BCUT2D eigenvalue weighted by atomic mass is 16.4. The third-order valence-corrected chi connectivity index (χ3v) is 2.37. The molecule has 2 aromatic carbocycles. The van der Waals surface area contributed by atoms with Gasteiger partial charge in [0.1, 0.15) is 0 Å². The summed E-state index contributed by atoms with van der Waals surface area (Å²) in [5.41, 5.74) is 1.43. The van der Waals surface area contributed by atoms with E-state index in [9.17, 15) is 4.79 Å². The topological polar surface area (TPSA) is 66.0 Å². The highest BCUT2D eigenvalue weighted by Gasteiger charge is 1.96. The Morgan fingerprint density at radius 1 is 1.00 bits per heavy atom. The maximum absolute atomic E-state index is 10.2. The monoisotopic (exact) mass is 240 g/mol. The molecule has 0 atom stereocenters. The van der Waals surface area contributed by atoms with Gasteiger partial charge >= 0.3 is 5.97 Å². The van der Waals surface area contributed by atoms with Gasteiger partial charge in [-0.2, -0.15) is 5.10 Å². The summed E-state index contributed by atoms with van der Waals surface area (Å²) >= 11 is 0. The third-order valence-electron chi connectivity index (χ3n) is 2.37. The molecular formula is C14H12N2O2. The smallest absolute Gasteiger partial charge is 0.335 e. The minimum Gasteiger partial charge on any atom is -0.478 e. The Bertz CT molecular complexity index is 602. The number of carboxylic acids is 1. The lowest BCUT2D eigenvalue weighted by molar-refractivity contribution is 0.0697. The fourth-order valence-electron chi connectivity index (χ4n) is 1.46. The van der Waals surface area contributed by atoms with Crippen LogP contribution in [0.4, 0.5) is 0 Å². The van der Waals surface area contributed by atoms with E-state index in [0.717, 1.165) is 10.9 Å². The number of hydrogen-bond acceptors (Lipinski definition) is 2. The Balaban J connectivity index is 0.000000134. The number of nitrogens with zero attached hydrogens (tertiary/aromatic N) is 1. The average Bonchev–Trinajstić information content (AvgIpc) is 2.89. The zero-order valence-corrected chi connectivity index (χ0v) is 9.58. The van der Waals surface area contributed by atoms with Crippen LogP contribution in [0.1, 0.15) is 10.4 Å². The van der Waals surface area contributed by atoms with Gasteiger partial charge in [0.15, 0.2) is 0 Å². The number of nitrogens with one attached hydrogen (secondary N) is 1. The van der Waals surface area contributed by atoms with Crippen LogP contribution in [0.25, 0.3) is 10.9 Å². The second kappa shape index (κ2) is 5.63. The van der Waals surface area contributed by atoms with Crippen LogP contribution in [-0.2, 0) is 0 Å². The average molecular weight is 240 g/mol. The summed E-state index contributed by atoms with van der Waals surface area (Å²) < 4.78 is 0. The number of rotatable bonds is 1. The lowest BCUT2D eigenvalue weighted by Crippen LogP contribution is -1.93. The molecule has 3 rings (SSSR count). The van der Waals surface area contributed by atoms with Crippen LogP contribution in [0.5, 0.6) is 0 Å². The molecule has 0 unspecified atom stereocenters. The molecule has 0 aliphatic carbocycles. The molecule has 3 aromatic rings. The fraction of sp³-hybridized carbons (Fsp3) is 0. The van der Waals surface area contributed by atoms with Crippen LogP contribution in [-0.4, -0.2) is 21.3 Å². The molecule has 0 saturated carbocycles. The molecular weight excluding hydrogens is 228 g/mol. The number of para-hydroxylation sites is 1. The second-order valence-corrected chi connectivity index (χ2v) is 3.63. The van der Waals surface area contributed by atoms with E-state index in [0.29, 0.717) is 5.56 Å². The van der Waals surface area contributed by atoms with Crippen LogP contribution in [0.15, 0.2) is 60.8 Å². The van der Waals surface area contributed by atoms with Crippen LogP contribution in [0, 0.1) is 0 Å². The van der Waals surface area contributed by atoms with Gasteiger partial charge in [0.25, 0.3) is 0 Å². The van der Waals surface area contributed by atoms with E-state index in [1.807, 2.05) is 30.5 Å². The van der Waals surface area contributed by atoms with Crippen molar-refractivity contribution in [3.8, 4) is 0 Å². The van der Waals surface area contributed by atoms with Crippen molar-refractivity contribution in [1.82, 2.24) is 10.2 Å². The van der Waals surface area contributed by atoms with Gasteiger partial charge in [0, 0.05) is 5.39 Å². The first kappa shape index (κ1) is 11.9. The summed E-state index contributed by atoms with van der Waals surface area (Å²) in [7, 11) is 0. The first-order chi connectivity index (χ1) is 8.77. The Morgan fingerprint density at radius 3 is 2.28 bits per heavy atom. The van der Waals surface area contributed by atoms with Crippen LogP contribution in [0.2, 0.25) is 0 Å². The predicted octanol–water partition coefficient (Wildman–Crippen LogP) is 2.95. The minimum atomic E-state index is -0.879. The van der Waals surface area contributed by atoms with Gasteiger partial charge in [-0.05, 0) is 18.2 Å². The van der Waals surface area contributed by atoms with Crippen molar-refractivity contribution in [2.75, 3.05) is 0 Å². The summed E-state index contributed by atoms with van der Waals surface area (Å²) in [5, 5.41) is 16.3. The molecule has 0 aliphatic rings. The summed E-state index contributed by atoms with van der Waals surface area (Å²) in [5.74, 6) is -0.879. The van der Waals surface area contributed by atoms with Crippen LogP contribution >= 0.6 is 0 Å². The lowest BCUT2D eigenvalue weighted by Gasteiger charge is -1.88. The molecule has 18 heavy (non-hydrogen) atoms. The molecule has 0 fully saturated rings. The molecule has 0 spiro atoms. The quantitative estimate of drug-likeness (QED) is 0.687. The van der Waals surface area contributed by atoms with E-state index in [1.54, 1.807) is 30.3 Å². The van der Waals surface area contributed by atoms with E-state index in [4.69, 9.17) is 5.11 Å². The maximum atomic E-state index is 10.2. The number of hydrogen-bond donors (Lipinski definition) is 2. The first-order valence-corrected chi connectivity index (χ1v) is 5.44. The van der Waals surface area contributed by atoms with E-state index in [1.165, 1.54) is 0 Å². The molecule has 0 aliphatic heterocycles. The Hall–Kier alpha value is -2.62. The summed E-state index contributed by atoms with van der Waals surface area (Å²) in [4.78, 5) is 10.2. The number of carboxylic acid groups (broad SMARTS) is 1. The molecule has 4 nitrogen and oxygen atoms in total. The number of aromatic amines is 1. The molecule has 4 heteroatoms. The Morgan fingerprint density at radius 2 is 1.67 bits per heavy atom. The number of fused-ring (bicyclic) bond motifs is 1. The van der Waals surface area contributed by atoms with Gasteiger partial charge in [-0.1, -0.05) is 36.4 Å². The van der Waals surface area contributed by atoms with Crippen LogP contribution in [0.3, 0.4) is 0 Å². The molecule has 1 aromatic heterocycles. The van der Waals surface area contributed by atoms with E-state index in [2.05, 4.69) is 10.2 Å². The van der Waals surface area contributed by atoms with Gasteiger partial charge in [-0.15, -0.1) is 0 Å². The van der Waals surface area contributed by atoms with Crippen molar-refractivity contribution in [3.63, 3.8) is 0 Å². The standard InChI is InChI=1S/C7H6N2.C7H6O2/c1-2-4-7-6(3-1)5-8-9-7;8-7(9)6-4-2-1-3-5-6/h2*1-5H,(H,8,9). The van der Waals surface area contributed by atoms with Gasteiger partial charge in [-0.25, -0.2) is 4.79 Å². The zero-order chi connectivity index (χ0) is 12.8. The molecule has 0 bridgehead atoms. The van der Waals surface area contributed by atoms with Gasteiger partial charge in [0.05, 0.1) is 17.3 Å². The number of benzene rings is 2. The van der Waals surface area contributed by atoms with E-state index < -0.39 is 5.97 Å². The maximum Gasteiger partial charge on any atom is 0.335 e. The lowest BCUT2D eigenvalue weighted by atomic mass is 10.2. The highest BCUT2D eigenvalue weighted by Crippen LogP contribution is 2.06. The SMILES string of the molecule is O=C(O)c1ccccc1.c1ccc2[nH]ncc2c1. The third kappa shape index (κ3) is 2.95. The summed E-state index contributed by atoms with van der Waals surface area (Å²) in [6.07, 6.45) is 1.81. The number of H-pyrrole nitrogens is 1. The van der Waals surface area contributed by atoms with Gasteiger partial charge in [-0.3, -0.25) is 5.10 Å². The van der Waals surface area contributed by atoms with Crippen molar-refractivity contribution >= 4 is 16.9 Å². The van der Waals surface area contributed by atoms with Crippen molar-refractivity contribution in [1.29, 1.82) is 0 Å². The second-order valence-electron chi connectivity index (χ2n) is 3.63. The van der Waals surface area contributed by atoms with E-state index >= 15 is 0 Å². The first-order valence-electron chi connectivity index (χ1n) is 5.44. The fourth-order valence-corrected chi connectivity index (χ4v) is 1.46. The molecule has 1 heterocycles. The Labute approximate surface area is 104 Å².